The molecule has 0 aliphatic rings. The molecule has 0 fully saturated rings. The van der Waals surface area contributed by atoms with E-state index in [4.69, 9.17) is 24.7 Å². The monoisotopic (exact) mass is 400 g/mol. The Morgan fingerprint density at radius 2 is 1.72 bits per heavy atom. The highest BCUT2D eigenvalue weighted by Gasteiger charge is 2.12. The largest absolute Gasteiger partial charge is 0.487 e. The fraction of sp³-hybridized carbons (Fsp3) is 0.316. The molecule has 0 atom stereocenters. The number of nitrogens with zero attached hydrogens (tertiary/aromatic N) is 4. The van der Waals surface area contributed by atoms with E-state index >= 15 is 0 Å². The van der Waals surface area contributed by atoms with Gasteiger partial charge in [0, 0.05) is 32.2 Å². The molecule has 0 saturated carbocycles. The molecule has 1 aromatic carbocycles. The van der Waals surface area contributed by atoms with E-state index in [1.807, 2.05) is 18.2 Å². The lowest BCUT2D eigenvalue weighted by molar-refractivity contribution is 0.132. The highest BCUT2D eigenvalue weighted by Crippen LogP contribution is 2.31. The number of aromatic nitrogens is 4. The van der Waals surface area contributed by atoms with Gasteiger partial charge in [0.15, 0.2) is 17.3 Å². The zero-order chi connectivity index (χ0) is 20.5. The summed E-state index contributed by atoms with van der Waals surface area (Å²) in [6.45, 7) is 1.74. The minimum atomic E-state index is 0.224. The van der Waals surface area contributed by atoms with Crippen LogP contribution < -0.4 is 20.5 Å². The molecule has 154 valence electrons. The maximum atomic E-state index is 5.97. The zero-order valence-corrected chi connectivity index (χ0v) is 16.4. The van der Waals surface area contributed by atoms with Crippen LogP contribution in [0.25, 0.3) is 5.82 Å². The summed E-state index contributed by atoms with van der Waals surface area (Å²) in [4.78, 5) is 8.47. The van der Waals surface area contributed by atoms with Crippen molar-refractivity contribution in [2.45, 2.75) is 0 Å². The molecule has 0 amide bonds. The summed E-state index contributed by atoms with van der Waals surface area (Å²) in [5, 5.41) is 7.48. The molecule has 29 heavy (non-hydrogen) atoms. The average molecular weight is 400 g/mol. The molecule has 0 radical (unpaired) electrons. The van der Waals surface area contributed by atoms with Gasteiger partial charge in [0.25, 0.3) is 0 Å². The second-order valence-electron chi connectivity index (χ2n) is 5.86. The third-order valence-electron chi connectivity index (χ3n) is 3.79. The number of methoxy groups -OCH3 is 2. The molecule has 0 bridgehead atoms. The Bertz CT molecular complexity index is 903. The summed E-state index contributed by atoms with van der Waals surface area (Å²) in [7, 11) is 3.24. The number of nitrogen functional groups attached to an aromatic ring is 1. The van der Waals surface area contributed by atoms with E-state index in [0.29, 0.717) is 49.7 Å². The van der Waals surface area contributed by atoms with Gasteiger partial charge < -0.3 is 30.0 Å². The minimum absolute atomic E-state index is 0.224. The first kappa shape index (κ1) is 20.4. The molecular weight excluding hydrogens is 376 g/mol. The van der Waals surface area contributed by atoms with Crippen molar-refractivity contribution in [3.05, 3.63) is 42.6 Å². The molecule has 0 aliphatic carbocycles. The summed E-state index contributed by atoms with van der Waals surface area (Å²) in [6, 6.07) is 10.9. The quantitative estimate of drug-likeness (QED) is 0.466. The van der Waals surface area contributed by atoms with Gasteiger partial charge in [-0.25, -0.2) is 4.98 Å². The SMILES string of the molecule is COCCOc1ccc(Nc2nc(N)n(-c3ccccn3)n2)cc1OCCOC. The number of hydrogen-bond acceptors (Lipinski definition) is 9. The Morgan fingerprint density at radius 3 is 2.41 bits per heavy atom. The van der Waals surface area contributed by atoms with Crippen molar-refractivity contribution in [2.24, 2.45) is 0 Å². The van der Waals surface area contributed by atoms with Crippen LogP contribution in [0.4, 0.5) is 17.6 Å². The second-order valence-corrected chi connectivity index (χ2v) is 5.86. The van der Waals surface area contributed by atoms with E-state index in [0.717, 1.165) is 5.69 Å². The normalized spacial score (nSPS) is 10.7. The fourth-order valence-electron chi connectivity index (χ4n) is 2.44. The van der Waals surface area contributed by atoms with Crippen LogP contribution in [-0.4, -0.2) is 60.4 Å². The Morgan fingerprint density at radius 1 is 0.966 bits per heavy atom. The van der Waals surface area contributed by atoms with Gasteiger partial charge in [-0.2, -0.15) is 9.67 Å². The van der Waals surface area contributed by atoms with Crippen molar-refractivity contribution < 1.29 is 18.9 Å². The fourth-order valence-corrected chi connectivity index (χ4v) is 2.44. The number of pyridine rings is 1. The number of rotatable bonds is 11. The van der Waals surface area contributed by atoms with Crippen LogP contribution in [-0.2, 0) is 9.47 Å². The number of hydrogen-bond donors (Lipinski definition) is 2. The third kappa shape index (κ3) is 5.56. The number of nitrogens with one attached hydrogen (secondary N) is 1. The molecule has 2 aromatic heterocycles. The molecule has 0 unspecified atom stereocenters. The highest BCUT2D eigenvalue weighted by atomic mass is 16.5. The smallest absolute Gasteiger partial charge is 0.248 e. The van der Waals surface area contributed by atoms with E-state index < -0.39 is 0 Å². The number of benzene rings is 1. The maximum absolute atomic E-state index is 5.97. The Kier molecular flexibility index (Phi) is 7.20. The summed E-state index contributed by atoms with van der Waals surface area (Å²) in [5.41, 5.74) is 6.69. The second kappa shape index (κ2) is 10.2. The predicted molar refractivity (Wildman–Crippen MR) is 108 cm³/mol. The molecule has 3 rings (SSSR count). The molecule has 10 heteroatoms. The van der Waals surface area contributed by atoms with Crippen LogP contribution in [0, 0.1) is 0 Å². The summed E-state index contributed by atoms with van der Waals surface area (Å²) in [6.07, 6.45) is 1.66. The summed E-state index contributed by atoms with van der Waals surface area (Å²) < 4.78 is 23.0. The van der Waals surface area contributed by atoms with Gasteiger partial charge >= 0.3 is 0 Å². The van der Waals surface area contributed by atoms with E-state index in [2.05, 4.69) is 20.4 Å². The topological polar surface area (TPSA) is 119 Å². The van der Waals surface area contributed by atoms with Crippen molar-refractivity contribution in [1.29, 1.82) is 0 Å². The number of ether oxygens (including phenoxy) is 4. The van der Waals surface area contributed by atoms with Crippen molar-refractivity contribution in [3.8, 4) is 17.3 Å². The van der Waals surface area contributed by atoms with E-state index in [1.54, 1.807) is 38.6 Å². The first-order chi connectivity index (χ1) is 14.2. The lowest BCUT2D eigenvalue weighted by Gasteiger charge is -2.14. The van der Waals surface area contributed by atoms with E-state index in [1.165, 1.54) is 4.68 Å². The van der Waals surface area contributed by atoms with Crippen molar-refractivity contribution in [2.75, 3.05) is 51.7 Å². The van der Waals surface area contributed by atoms with Gasteiger partial charge in [-0.3, -0.25) is 0 Å². The molecule has 0 spiro atoms. The van der Waals surface area contributed by atoms with Gasteiger partial charge in [0.05, 0.1) is 13.2 Å². The van der Waals surface area contributed by atoms with E-state index in [-0.39, 0.29) is 5.95 Å². The maximum Gasteiger partial charge on any atom is 0.248 e. The number of nitrogens with two attached hydrogens (primary N) is 1. The van der Waals surface area contributed by atoms with Crippen LogP contribution in [0.2, 0.25) is 0 Å². The Labute approximate surface area is 168 Å². The molecule has 3 N–H and O–H groups in total. The average Bonchev–Trinajstić information content (AvgIpc) is 3.10. The van der Waals surface area contributed by atoms with Crippen LogP contribution in [0.15, 0.2) is 42.6 Å². The third-order valence-corrected chi connectivity index (χ3v) is 3.79. The lowest BCUT2D eigenvalue weighted by atomic mass is 10.2. The molecular formula is C19H24N6O4. The lowest BCUT2D eigenvalue weighted by Crippen LogP contribution is -2.09. The zero-order valence-electron chi connectivity index (χ0n) is 16.4. The number of anilines is 3. The minimum Gasteiger partial charge on any atom is -0.487 e. The standard InChI is InChI=1S/C19H24N6O4/c1-26-9-11-28-15-7-6-14(13-16(15)29-12-10-27-2)22-19-23-18(20)25(24-19)17-5-3-4-8-21-17/h3-8,13H,9-12H2,1-2H3,(H3,20,22,23,24). The van der Waals surface area contributed by atoms with Crippen molar-refractivity contribution in [3.63, 3.8) is 0 Å². The first-order valence-corrected chi connectivity index (χ1v) is 8.99. The van der Waals surface area contributed by atoms with Crippen LogP contribution in [0.1, 0.15) is 0 Å². The molecule has 10 nitrogen and oxygen atoms in total. The van der Waals surface area contributed by atoms with Gasteiger partial charge in [0.1, 0.15) is 13.2 Å². The van der Waals surface area contributed by atoms with Gasteiger partial charge in [-0.1, -0.05) is 6.07 Å². The van der Waals surface area contributed by atoms with E-state index in [9.17, 15) is 0 Å². The predicted octanol–water partition coefficient (Wildman–Crippen LogP) is 2.04. The van der Waals surface area contributed by atoms with Crippen LogP contribution >= 0.6 is 0 Å². The van der Waals surface area contributed by atoms with Crippen molar-refractivity contribution in [1.82, 2.24) is 19.7 Å². The van der Waals surface area contributed by atoms with Crippen molar-refractivity contribution >= 4 is 17.6 Å². The Hall–Kier alpha value is -3.37. The Balaban J connectivity index is 1.77. The summed E-state index contributed by atoms with van der Waals surface area (Å²) in [5.74, 6) is 2.32. The van der Waals surface area contributed by atoms with Crippen LogP contribution in [0.3, 0.4) is 0 Å². The van der Waals surface area contributed by atoms with Gasteiger partial charge in [-0.05, 0) is 24.3 Å². The molecule has 3 aromatic rings. The first-order valence-electron chi connectivity index (χ1n) is 8.99. The molecule has 0 aliphatic heterocycles. The highest BCUT2D eigenvalue weighted by molar-refractivity contribution is 5.60. The van der Waals surface area contributed by atoms with Gasteiger partial charge in [0.2, 0.25) is 11.9 Å². The molecule has 2 heterocycles. The van der Waals surface area contributed by atoms with Gasteiger partial charge in [-0.15, -0.1) is 5.10 Å². The molecule has 0 saturated heterocycles. The summed E-state index contributed by atoms with van der Waals surface area (Å²) >= 11 is 0. The van der Waals surface area contributed by atoms with Crippen LogP contribution in [0.5, 0.6) is 11.5 Å².